The van der Waals surface area contributed by atoms with Crippen LogP contribution in [0.4, 0.5) is 0 Å². The number of alkyl halides is 1. The number of carbonyl (C=O) groups is 2. The lowest BCUT2D eigenvalue weighted by Gasteiger charge is -2.57. The van der Waals surface area contributed by atoms with Crippen LogP contribution in [0.2, 0.25) is 0 Å². The number of ether oxygens (including phenoxy) is 1. The third-order valence-corrected chi connectivity index (χ3v) is 8.88. The predicted molar refractivity (Wildman–Crippen MR) is 108 cm³/mol. The van der Waals surface area contributed by atoms with Crippen molar-refractivity contribution < 1.29 is 19.4 Å². The van der Waals surface area contributed by atoms with Crippen LogP contribution in [0, 0.1) is 34.5 Å². The average Bonchev–Trinajstić information content (AvgIpc) is 2.93. The van der Waals surface area contributed by atoms with Gasteiger partial charge in [0.15, 0.2) is 5.06 Å². The van der Waals surface area contributed by atoms with E-state index in [2.05, 4.69) is 26.0 Å². The normalized spacial score (nSPS) is 49.5. The Labute approximate surface area is 172 Å². The topological polar surface area (TPSA) is 63.6 Å². The molecule has 0 aromatic rings. The van der Waals surface area contributed by atoms with E-state index in [4.69, 9.17) is 16.3 Å². The number of halogens is 1. The van der Waals surface area contributed by atoms with Crippen molar-refractivity contribution in [2.75, 3.05) is 0 Å². The Morgan fingerprint density at radius 1 is 1.18 bits per heavy atom. The van der Waals surface area contributed by atoms with Crippen LogP contribution < -0.4 is 0 Å². The number of fused-ring (bicyclic) bond motifs is 5. The van der Waals surface area contributed by atoms with E-state index in [1.54, 1.807) is 13.0 Å². The molecule has 5 heteroatoms. The van der Waals surface area contributed by atoms with Crippen LogP contribution in [-0.2, 0) is 14.3 Å². The molecular weight excluding hydrogens is 376 g/mol. The van der Waals surface area contributed by atoms with Crippen molar-refractivity contribution in [3.63, 3.8) is 0 Å². The third kappa shape index (κ3) is 2.82. The van der Waals surface area contributed by atoms with Gasteiger partial charge in [0, 0.05) is 12.8 Å². The molecule has 0 spiro atoms. The van der Waals surface area contributed by atoms with Crippen molar-refractivity contribution >= 4 is 23.4 Å². The molecule has 2 saturated carbocycles. The van der Waals surface area contributed by atoms with Crippen molar-refractivity contribution in [3.05, 3.63) is 23.8 Å². The molecule has 154 valence electrons. The summed E-state index contributed by atoms with van der Waals surface area (Å²) < 4.78 is 5.42. The fraction of sp³-hybridized carbons (Fsp3) is 0.739. The van der Waals surface area contributed by atoms with Crippen LogP contribution in [0.3, 0.4) is 0 Å². The summed E-state index contributed by atoms with van der Waals surface area (Å²) >= 11 is 6.33. The molecule has 8 atom stereocenters. The van der Waals surface area contributed by atoms with Gasteiger partial charge in [0.05, 0.1) is 0 Å². The van der Waals surface area contributed by atoms with Crippen molar-refractivity contribution in [1.29, 1.82) is 0 Å². The number of Topliss-reactive ketones (excluding diaryl/α,β-unsaturated/α-hetero) is 1. The molecule has 0 radical (unpaired) electrons. The first-order valence-electron chi connectivity index (χ1n) is 10.5. The van der Waals surface area contributed by atoms with Gasteiger partial charge in [0.1, 0.15) is 11.9 Å². The summed E-state index contributed by atoms with van der Waals surface area (Å²) in [6.07, 6.45) is 10.0. The van der Waals surface area contributed by atoms with Crippen LogP contribution in [0.15, 0.2) is 23.8 Å². The van der Waals surface area contributed by atoms with E-state index in [1.807, 2.05) is 0 Å². The molecule has 28 heavy (non-hydrogen) atoms. The third-order valence-electron chi connectivity index (χ3n) is 8.53. The van der Waals surface area contributed by atoms with Gasteiger partial charge >= 0.3 is 5.97 Å². The SMILES string of the molecule is CC(=O)OC1C[C@@]2(C)C(=C[C@@]1(O)Cl)C=C[C@H]1[C@@H]3CC[C@H](C(C)=O)[C@@]3(C)CC[C@@H]12. The maximum absolute atomic E-state index is 12.3. The van der Waals surface area contributed by atoms with E-state index in [-0.39, 0.29) is 16.7 Å². The Balaban J connectivity index is 1.70. The Morgan fingerprint density at radius 2 is 1.89 bits per heavy atom. The Morgan fingerprint density at radius 3 is 2.54 bits per heavy atom. The lowest BCUT2D eigenvalue weighted by atomic mass is 9.48. The summed E-state index contributed by atoms with van der Waals surface area (Å²) in [5.41, 5.74) is 0.918. The fourth-order valence-electron chi connectivity index (χ4n) is 7.14. The molecule has 4 nitrogen and oxygen atoms in total. The predicted octanol–water partition coefficient (Wildman–Crippen LogP) is 4.40. The minimum atomic E-state index is -1.67. The molecule has 1 N–H and O–H groups in total. The number of rotatable bonds is 2. The first-order chi connectivity index (χ1) is 13.0. The highest BCUT2D eigenvalue weighted by atomic mass is 35.5. The first kappa shape index (κ1) is 20.2. The van der Waals surface area contributed by atoms with Gasteiger partial charge in [-0.15, -0.1) is 0 Å². The molecule has 2 fully saturated rings. The maximum atomic E-state index is 12.3. The zero-order chi connectivity index (χ0) is 20.5. The smallest absolute Gasteiger partial charge is 0.303 e. The second-order valence-electron chi connectivity index (χ2n) is 9.98. The molecular formula is C23H31ClO4. The first-order valence-corrected chi connectivity index (χ1v) is 10.9. The van der Waals surface area contributed by atoms with Gasteiger partial charge in [-0.3, -0.25) is 9.59 Å². The molecule has 0 bridgehead atoms. The Kier molecular flexibility index (Phi) is 4.63. The number of carbonyl (C=O) groups excluding carboxylic acids is 2. The van der Waals surface area contributed by atoms with Gasteiger partial charge in [-0.1, -0.05) is 37.6 Å². The molecule has 0 aromatic carbocycles. The number of esters is 1. The van der Waals surface area contributed by atoms with Crippen LogP contribution in [0.25, 0.3) is 0 Å². The Hall–Kier alpha value is -1.13. The highest BCUT2D eigenvalue weighted by Crippen LogP contribution is 2.65. The van der Waals surface area contributed by atoms with E-state index in [0.717, 1.165) is 31.3 Å². The molecule has 0 saturated heterocycles. The second-order valence-corrected chi connectivity index (χ2v) is 10.6. The van der Waals surface area contributed by atoms with E-state index in [9.17, 15) is 14.7 Å². The molecule has 0 aliphatic heterocycles. The molecule has 0 aromatic heterocycles. The summed E-state index contributed by atoms with van der Waals surface area (Å²) in [6, 6.07) is 0. The highest BCUT2D eigenvalue weighted by molar-refractivity contribution is 6.24. The van der Waals surface area contributed by atoms with Crippen molar-refractivity contribution in [2.24, 2.45) is 34.5 Å². The number of hydrogen-bond donors (Lipinski definition) is 1. The zero-order valence-corrected chi connectivity index (χ0v) is 18.0. The van der Waals surface area contributed by atoms with Crippen molar-refractivity contribution in [3.8, 4) is 0 Å². The maximum Gasteiger partial charge on any atom is 0.303 e. The number of aliphatic hydroxyl groups is 1. The van der Waals surface area contributed by atoms with Gasteiger partial charge in [0.2, 0.25) is 0 Å². The Bertz CT molecular complexity index is 769. The molecule has 4 aliphatic rings. The van der Waals surface area contributed by atoms with Gasteiger partial charge in [0.25, 0.3) is 0 Å². The summed E-state index contributed by atoms with van der Waals surface area (Å²) in [5.74, 6) is 1.38. The monoisotopic (exact) mass is 406 g/mol. The minimum Gasteiger partial charge on any atom is -0.458 e. The van der Waals surface area contributed by atoms with Crippen molar-refractivity contribution in [2.45, 2.75) is 71.0 Å². The van der Waals surface area contributed by atoms with E-state index in [0.29, 0.717) is 30.0 Å². The van der Waals surface area contributed by atoms with Gasteiger partial charge < -0.3 is 9.84 Å². The fourth-order valence-corrected chi connectivity index (χ4v) is 7.38. The summed E-state index contributed by atoms with van der Waals surface area (Å²) in [4.78, 5) is 23.8. The van der Waals surface area contributed by atoms with Crippen LogP contribution in [-0.4, -0.2) is 28.0 Å². The number of ketones is 1. The molecule has 4 aliphatic carbocycles. The largest absolute Gasteiger partial charge is 0.458 e. The second kappa shape index (κ2) is 6.43. The van der Waals surface area contributed by atoms with Gasteiger partial charge in [-0.2, -0.15) is 0 Å². The number of hydrogen-bond acceptors (Lipinski definition) is 4. The van der Waals surface area contributed by atoms with Crippen LogP contribution in [0.1, 0.15) is 59.8 Å². The molecule has 0 amide bonds. The molecule has 4 rings (SSSR count). The van der Waals surface area contributed by atoms with Crippen molar-refractivity contribution in [1.82, 2.24) is 0 Å². The van der Waals surface area contributed by atoms with Crippen LogP contribution in [0.5, 0.6) is 0 Å². The molecule has 0 heterocycles. The molecule has 1 unspecified atom stereocenters. The van der Waals surface area contributed by atoms with E-state index in [1.165, 1.54) is 6.92 Å². The summed E-state index contributed by atoms with van der Waals surface area (Å²) in [7, 11) is 0. The zero-order valence-electron chi connectivity index (χ0n) is 17.2. The quantitative estimate of drug-likeness (QED) is 0.545. The van der Waals surface area contributed by atoms with Crippen LogP contribution >= 0.6 is 11.6 Å². The number of allylic oxidation sites excluding steroid dienone is 3. The summed E-state index contributed by atoms with van der Waals surface area (Å²) in [6.45, 7) is 7.64. The average molecular weight is 407 g/mol. The van der Waals surface area contributed by atoms with E-state index >= 15 is 0 Å². The van der Waals surface area contributed by atoms with E-state index < -0.39 is 17.1 Å². The lowest BCUT2D eigenvalue weighted by Crippen LogP contribution is -2.54. The standard InChI is InChI=1S/C23H31ClO4/c1-13(25)17-7-8-18-16-6-5-15-11-23(24,27)20(28-14(2)26)12-22(15,4)19(16)9-10-21(17,18)3/h5-6,11,16-20,27H,7-10,12H2,1-4H3/t16-,17+,18-,19-,20?,21+,22-,23-/m0/s1. The lowest BCUT2D eigenvalue weighted by molar-refractivity contribution is -0.158. The minimum absolute atomic E-state index is 0.0755. The van der Waals surface area contributed by atoms with Gasteiger partial charge in [-0.25, -0.2) is 0 Å². The summed E-state index contributed by atoms with van der Waals surface area (Å²) in [5, 5.41) is 8.99. The van der Waals surface area contributed by atoms with Gasteiger partial charge in [-0.05, 0) is 79.3 Å². The highest BCUT2D eigenvalue weighted by Gasteiger charge is 2.60.